The molecule has 1 N–H and O–H groups in total. The Morgan fingerprint density at radius 3 is 2.36 bits per heavy atom. The van der Waals surface area contributed by atoms with E-state index in [0.717, 1.165) is 12.3 Å². The Kier molecular flexibility index (Phi) is 7.14. The number of hydrogen-bond acceptors (Lipinski definition) is 5. The van der Waals surface area contributed by atoms with Crippen LogP contribution in [0.2, 0.25) is 5.02 Å². The minimum absolute atomic E-state index is 0.0710. The van der Waals surface area contributed by atoms with Gasteiger partial charge in [-0.1, -0.05) is 29.8 Å². The SMILES string of the molecule is Cc1c(NC(=O)[C@@H](C)N2CCN(c3ncc(C(F)(F)F)cc3Cl)CC2)c(=O)n(-c2ccccc2)n1C. The lowest BCUT2D eigenvalue weighted by atomic mass is 10.2. The highest BCUT2D eigenvalue weighted by molar-refractivity contribution is 6.33. The fourth-order valence-electron chi connectivity index (χ4n) is 4.25. The molecule has 2 aromatic heterocycles. The van der Waals surface area contributed by atoms with Gasteiger partial charge in [0, 0.05) is 39.4 Å². The number of carbonyl (C=O) groups excluding carboxylic acids is 1. The van der Waals surface area contributed by atoms with Crippen LogP contribution in [-0.2, 0) is 18.0 Å². The number of hydrogen-bond donors (Lipinski definition) is 1. The molecule has 8 nitrogen and oxygen atoms in total. The Bertz CT molecular complexity index is 1310. The lowest BCUT2D eigenvalue weighted by Gasteiger charge is -2.38. The molecule has 0 saturated carbocycles. The molecule has 1 fully saturated rings. The average molecular weight is 523 g/mol. The Morgan fingerprint density at radius 2 is 1.78 bits per heavy atom. The van der Waals surface area contributed by atoms with Crippen LogP contribution in [0.5, 0.6) is 0 Å². The second kappa shape index (κ2) is 9.98. The van der Waals surface area contributed by atoms with Gasteiger partial charge < -0.3 is 10.2 Å². The Labute approximate surface area is 210 Å². The van der Waals surface area contributed by atoms with Crippen molar-refractivity contribution in [3.8, 4) is 5.69 Å². The third kappa shape index (κ3) is 4.98. The molecule has 1 aliphatic heterocycles. The van der Waals surface area contributed by atoms with Crippen molar-refractivity contribution in [1.82, 2.24) is 19.2 Å². The van der Waals surface area contributed by atoms with Crippen LogP contribution in [0.15, 0.2) is 47.4 Å². The zero-order valence-corrected chi connectivity index (χ0v) is 20.8. The topological polar surface area (TPSA) is 75.4 Å². The smallest absolute Gasteiger partial charge is 0.353 e. The van der Waals surface area contributed by atoms with Crippen LogP contribution in [0.3, 0.4) is 0 Å². The summed E-state index contributed by atoms with van der Waals surface area (Å²) in [6.07, 6.45) is -3.74. The molecule has 1 amide bonds. The minimum atomic E-state index is -4.52. The van der Waals surface area contributed by atoms with Gasteiger partial charge in [-0.2, -0.15) is 13.2 Å². The summed E-state index contributed by atoms with van der Waals surface area (Å²) in [5, 5.41) is 2.72. The number of carbonyl (C=O) groups is 1. The molecule has 3 aromatic rings. The van der Waals surface area contributed by atoms with E-state index in [2.05, 4.69) is 10.3 Å². The second-order valence-electron chi connectivity index (χ2n) is 8.65. The molecule has 1 saturated heterocycles. The number of para-hydroxylation sites is 1. The first kappa shape index (κ1) is 25.8. The number of halogens is 4. The molecular weight excluding hydrogens is 497 g/mol. The van der Waals surface area contributed by atoms with Gasteiger partial charge in [0.1, 0.15) is 11.5 Å². The molecule has 0 aliphatic carbocycles. The van der Waals surface area contributed by atoms with Gasteiger partial charge in [0.2, 0.25) is 5.91 Å². The summed E-state index contributed by atoms with van der Waals surface area (Å²) in [5.74, 6) is -0.0389. The molecule has 0 spiro atoms. The lowest BCUT2D eigenvalue weighted by molar-refractivity contribution is -0.137. The molecule has 12 heteroatoms. The fourth-order valence-corrected chi connectivity index (χ4v) is 4.53. The quantitative estimate of drug-likeness (QED) is 0.553. The Morgan fingerprint density at radius 1 is 1.14 bits per heavy atom. The van der Waals surface area contributed by atoms with Crippen LogP contribution in [0, 0.1) is 6.92 Å². The molecule has 36 heavy (non-hydrogen) atoms. The van der Waals surface area contributed by atoms with Crippen molar-refractivity contribution in [2.75, 3.05) is 36.4 Å². The van der Waals surface area contributed by atoms with Crippen molar-refractivity contribution in [3.63, 3.8) is 0 Å². The van der Waals surface area contributed by atoms with Crippen LogP contribution in [0.25, 0.3) is 5.69 Å². The number of nitrogens with zero attached hydrogens (tertiary/aromatic N) is 5. The maximum atomic E-state index is 13.1. The molecule has 0 bridgehead atoms. The van der Waals surface area contributed by atoms with Crippen LogP contribution in [-0.4, -0.2) is 57.4 Å². The van der Waals surface area contributed by atoms with Crippen molar-refractivity contribution in [3.05, 3.63) is 69.2 Å². The molecule has 192 valence electrons. The number of anilines is 2. The molecular formula is C24H26ClF3N6O2. The monoisotopic (exact) mass is 522 g/mol. The van der Waals surface area contributed by atoms with Gasteiger partial charge in [-0.05, 0) is 32.0 Å². The maximum Gasteiger partial charge on any atom is 0.417 e. The third-order valence-electron chi connectivity index (χ3n) is 6.49. The minimum Gasteiger partial charge on any atom is -0.353 e. The molecule has 1 aliphatic rings. The van der Waals surface area contributed by atoms with Crippen LogP contribution in [0.4, 0.5) is 24.7 Å². The van der Waals surface area contributed by atoms with Crippen molar-refractivity contribution >= 4 is 29.0 Å². The van der Waals surface area contributed by atoms with Gasteiger partial charge in [0.15, 0.2) is 0 Å². The second-order valence-corrected chi connectivity index (χ2v) is 9.06. The highest BCUT2D eigenvalue weighted by atomic mass is 35.5. The first-order chi connectivity index (χ1) is 17.0. The summed E-state index contributed by atoms with van der Waals surface area (Å²) in [6, 6.07) is 9.48. The zero-order valence-electron chi connectivity index (χ0n) is 20.0. The van der Waals surface area contributed by atoms with Gasteiger partial charge in [-0.25, -0.2) is 9.67 Å². The predicted molar refractivity (Wildman–Crippen MR) is 132 cm³/mol. The highest BCUT2D eigenvalue weighted by Gasteiger charge is 2.33. The van der Waals surface area contributed by atoms with Crippen molar-refractivity contribution < 1.29 is 18.0 Å². The van der Waals surface area contributed by atoms with Crippen LogP contribution in [0.1, 0.15) is 18.2 Å². The van der Waals surface area contributed by atoms with Crippen LogP contribution >= 0.6 is 11.6 Å². The largest absolute Gasteiger partial charge is 0.417 e. The van der Waals surface area contributed by atoms with Crippen LogP contribution < -0.4 is 15.8 Å². The molecule has 0 radical (unpaired) electrons. The number of alkyl halides is 3. The number of rotatable bonds is 5. The molecule has 0 unspecified atom stereocenters. The van der Waals surface area contributed by atoms with Crippen molar-refractivity contribution in [2.24, 2.45) is 7.05 Å². The number of pyridine rings is 1. The average Bonchev–Trinajstić information content (AvgIpc) is 3.06. The number of aromatic nitrogens is 3. The van der Waals surface area contributed by atoms with Gasteiger partial charge in [0.25, 0.3) is 5.56 Å². The van der Waals surface area contributed by atoms with E-state index in [1.807, 2.05) is 35.2 Å². The number of nitrogens with one attached hydrogen (secondary N) is 1. The first-order valence-corrected chi connectivity index (χ1v) is 11.7. The maximum absolute atomic E-state index is 13.1. The van der Waals surface area contributed by atoms with E-state index in [1.165, 1.54) is 4.68 Å². The predicted octanol–water partition coefficient (Wildman–Crippen LogP) is 3.70. The molecule has 1 aromatic carbocycles. The van der Waals surface area contributed by atoms with E-state index in [0.29, 0.717) is 37.6 Å². The first-order valence-electron chi connectivity index (χ1n) is 11.4. The molecule has 1 atom stereocenters. The summed E-state index contributed by atoms with van der Waals surface area (Å²) in [6.45, 7) is 5.32. The Hall–Kier alpha value is -3.31. The molecule has 4 rings (SSSR count). The summed E-state index contributed by atoms with van der Waals surface area (Å²) in [4.78, 5) is 33.8. The zero-order chi connectivity index (χ0) is 26.2. The standard InChI is InChI=1S/C24H26ClF3N6O2/c1-15-20(23(36)34(31(15)3)18-7-5-4-6-8-18)30-22(35)16(2)32-9-11-33(12-10-32)21-19(25)13-17(14-29-21)24(26,27)28/h4-8,13-14,16H,9-12H2,1-3H3,(H,30,35)/t16-/m1/s1. The highest BCUT2D eigenvalue weighted by Crippen LogP contribution is 2.33. The summed E-state index contributed by atoms with van der Waals surface area (Å²) >= 11 is 6.08. The van der Waals surface area contributed by atoms with Gasteiger partial charge in [-0.3, -0.25) is 19.2 Å². The van der Waals surface area contributed by atoms with E-state index < -0.39 is 17.8 Å². The summed E-state index contributed by atoms with van der Waals surface area (Å²) in [7, 11) is 1.75. The van der Waals surface area contributed by atoms with E-state index >= 15 is 0 Å². The van der Waals surface area contributed by atoms with E-state index in [9.17, 15) is 22.8 Å². The Balaban J connectivity index is 1.42. The summed E-state index contributed by atoms with van der Waals surface area (Å²) < 4.78 is 41.9. The summed E-state index contributed by atoms with van der Waals surface area (Å²) in [5.41, 5.74) is 0.306. The van der Waals surface area contributed by atoms with Gasteiger partial charge in [0.05, 0.1) is 28.0 Å². The normalized spacial score (nSPS) is 15.7. The number of amides is 1. The third-order valence-corrected chi connectivity index (χ3v) is 6.77. The van der Waals surface area contributed by atoms with Gasteiger partial charge in [-0.15, -0.1) is 0 Å². The molecule has 3 heterocycles. The van der Waals surface area contributed by atoms with E-state index in [1.54, 1.807) is 30.5 Å². The fraction of sp³-hybridized carbons (Fsp3) is 0.375. The van der Waals surface area contributed by atoms with E-state index in [-0.39, 0.29) is 28.0 Å². The van der Waals surface area contributed by atoms with E-state index in [4.69, 9.17) is 11.6 Å². The number of piperazine rings is 1. The van der Waals surface area contributed by atoms with Crippen molar-refractivity contribution in [1.29, 1.82) is 0 Å². The van der Waals surface area contributed by atoms with Gasteiger partial charge >= 0.3 is 6.18 Å². The number of benzene rings is 1. The lowest BCUT2D eigenvalue weighted by Crippen LogP contribution is -2.53. The van der Waals surface area contributed by atoms with Crippen molar-refractivity contribution in [2.45, 2.75) is 26.1 Å².